The largest absolute Gasteiger partial charge is 0.478 e. The molecule has 0 spiro atoms. The molecule has 1 aliphatic carbocycles. The van der Waals surface area contributed by atoms with Gasteiger partial charge in [-0.1, -0.05) is 12.1 Å². The third-order valence-corrected chi connectivity index (χ3v) is 2.89. The number of benzene rings is 1. The van der Waals surface area contributed by atoms with E-state index in [2.05, 4.69) is 12.2 Å². The number of rotatable bonds is 4. The molecule has 0 bridgehead atoms. The molecule has 0 heterocycles. The molecule has 0 aromatic heterocycles. The second-order valence-electron chi connectivity index (χ2n) is 4.42. The summed E-state index contributed by atoms with van der Waals surface area (Å²) in [7, 11) is 0. The molecule has 1 fully saturated rings. The molecule has 0 atom stereocenters. The Morgan fingerprint density at radius 3 is 2.87 bits per heavy atom. The molecule has 3 heteroatoms. The van der Waals surface area contributed by atoms with E-state index in [0.29, 0.717) is 11.1 Å². The zero-order valence-corrected chi connectivity index (χ0v) is 8.79. The smallest absolute Gasteiger partial charge is 0.335 e. The Kier molecular flexibility index (Phi) is 2.49. The molecule has 1 aromatic rings. The summed E-state index contributed by atoms with van der Waals surface area (Å²) in [5, 5.41) is 12.3. The van der Waals surface area contributed by atoms with Gasteiger partial charge in [0, 0.05) is 12.1 Å². The van der Waals surface area contributed by atoms with Gasteiger partial charge >= 0.3 is 5.97 Å². The van der Waals surface area contributed by atoms with Crippen molar-refractivity contribution in [3.05, 3.63) is 35.4 Å². The van der Waals surface area contributed by atoms with Gasteiger partial charge in [-0.2, -0.15) is 0 Å². The van der Waals surface area contributed by atoms with Crippen molar-refractivity contribution in [3.8, 4) is 0 Å². The molecule has 1 saturated carbocycles. The maximum atomic E-state index is 10.7. The van der Waals surface area contributed by atoms with Gasteiger partial charge in [-0.25, -0.2) is 4.79 Å². The summed E-state index contributed by atoms with van der Waals surface area (Å²) in [6.07, 6.45) is 2.43. The van der Waals surface area contributed by atoms with Crippen LogP contribution in [0.1, 0.15) is 35.7 Å². The first-order valence-electron chi connectivity index (χ1n) is 5.16. The third kappa shape index (κ3) is 2.57. The Hall–Kier alpha value is -1.35. The fraction of sp³-hybridized carbons (Fsp3) is 0.417. The molecule has 3 nitrogen and oxygen atoms in total. The normalized spacial score (nSPS) is 17.4. The fourth-order valence-corrected chi connectivity index (χ4v) is 1.49. The second-order valence-corrected chi connectivity index (χ2v) is 4.42. The summed E-state index contributed by atoms with van der Waals surface area (Å²) < 4.78 is 0. The highest BCUT2D eigenvalue weighted by Crippen LogP contribution is 2.34. The summed E-state index contributed by atoms with van der Waals surface area (Å²) in [6, 6.07) is 7.08. The molecule has 0 unspecified atom stereocenters. The van der Waals surface area contributed by atoms with Gasteiger partial charge in [0.15, 0.2) is 0 Å². The van der Waals surface area contributed by atoms with Gasteiger partial charge in [0.05, 0.1) is 5.56 Å². The van der Waals surface area contributed by atoms with E-state index in [1.165, 1.54) is 12.8 Å². The van der Waals surface area contributed by atoms with Crippen LogP contribution >= 0.6 is 0 Å². The van der Waals surface area contributed by atoms with Crippen molar-refractivity contribution < 1.29 is 9.90 Å². The predicted octanol–water partition coefficient (Wildman–Crippen LogP) is 2.03. The molecular weight excluding hydrogens is 190 g/mol. The minimum Gasteiger partial charge on any atom is -0.478 e. The number of carboxylic acid groups (broad SMARTS) is 1. The first-order chi connectivity index (χ1) is 7.09. The maximum Gasteiger partial charge on any atom is 0.335 e. The van der Waals surface area contributed by atoms with Crippen molar-refractivity contribution in [1.82, 2.24) is 5.32 Å². The summed E-state index contributed by atoms with van der Waals surface area (Å²) in [5.41, 5.74) is 1.68. The van der Waals surface area contributed by atoms with Crippen molar-refractivity contribution in [2.45, 2.75) is 31.8 Å². The summed E-state index contributed by atoms with van der Waals surface area (Å²) in [6.45, 7) is 2.94. The molecule has 0 radical (unpaired) electrons. The van der Waals surface area contributed by atoms with Gasteiger partial charge in [0.25, 0.3) is 0 Å². The van der Waals surface area contributed by atoms with Crippen molar-refractivity contribution in [3.63, 3.8) is 0 Å². The van der Waals surface area contributed by atoms with Gasteiger partial charge in [-0.15, -0.1) is 0 Å². The van der Waals surface area contributed by atoms with E-state index < -0.39 is 5.97 Å². The maximum absolute atomic E-state index is 10.7. The Bertz CT molecular complexity index is 383. The zero-order valence-electron chi connectivity index (χ0n) is 8.79. The van der Waals surface area contributed by atoms with Crippen LogP contribution in [0.25, 0.3) is 0 Å². The quantitative estimate of drug-likeness (QED) is 0.790. The van der Waals surface area contributed by atoms with Crippen LogP contribution in [0.2, 0.25) is 0 Å². The molecule has 0 aliphatic heterocycles. The summed E-state index contributed by atoms with van der Waals surface area (Å²) >= 11 is 0. The van der Waals surface area contributed by atoms with Gasteiger partial charge in [-0.05, 0) is 37.5 Å². The van der Waals surface area contributed by atoms with Crippen molar-refractivity contribution in [2.75, 3.05) is 0 Å². The van der Waals surface area contributed by atoms with Gasteiger partial charge in [-0.3, -0.25) is 0 Å². The first kappa shape index (κ1) is 10.2. The number of carboxylic acids is 1. The molecule has 0 amide bonds. The monoisotopic (exact) mass is 205 g/mol. The standard InChI is InChI=1S/C12H15NO2/c1-12(5-6-12)13-8-9-3-2-4-10(7-9)11(14)15/h2-4,7,13H,5-6,8H2,1H3,(H,14,15). The second kappa shape index (κ2) is 3.66. The van der Waals surface area contributed by atoms with Crippen LogP contribution in [0.3, 0.4) is 0 Å². The lowest BCUT2D eigenvalue weighted by atomic mass is 10.1. The van der Waals surface area contributed by atoms with E-state index in [1.54, 1.807) is 18.2 Å². The highest BCUT2D eigenvalue weighted by Gasteiger charge is 2.36. The van der Waals surface area contributed by atoms with E-state index >= 15 is 0 Å². The number of nitrogens with one attached hydrogen (secondary N) is 1. The lowest BCUT2D eigenvalue weighted by Crippen LogP contribution is -2.27. The highest BCUT2D eigenvalue weighted by atomic mass is 16.4. The molecular formula is C12H15NO2. The fourth-order valence-electron chi connectivity index (χ4n) is 1.49. The van der Waals surface area contributed by atoms with E-state index in [0.717, 1.165) is 12.1 Å². The van der Waals surface area contributed by atoms with Crippen molar-refractivity contribution in [2.24, 2.45) is 0 Å². The number of carbonyl (C=O) groups is 1. The minimum atomic E-state index is -0.866. The molecule has 2 rings (SSSR count). The summed E-state index contributed by atoms with van der Waals surface area (Å²) in [5.74, 6) is -0.866. The van der Waals surface area contributed by atoms with Crippen molar-refractivity contribution >= 4 is 5.97 Å². The van der Waals surface area contributed by atoms with Crippen LogP contribution in [0.15, 0.2) is 24.3 Å². The third-order valence-electron chi connectivity index (χ3n) is 2.89. The number of aromatic carboxylic acids is 1. The molecule has 15 heavy (non-hydrogen) atoms. The van der Waals surface area contributed by atoms with Crippen LogP contribution < -0.4 is 5.32 Å². The Labute approximate surface area is 89.1 Å². The molecule has 1 aromatic carbocycles. The van der Waals surface area contributed by atoms with Crippen LogP contribution in [0, 0.1) is 0 Å². The predicted molar refractivity (Wildman–Crippen MR) is 57.9 cm³/mol. The topological polar surface area (TPSA) is 49.3 Å². The summed E-state index contributed by atoms with van der Waals surface area (Å²) in [4.78, 5) is 10.7. The number of hydrogen-bond donors (Lipinski definition) is 2. The van der Waals surface area contributed by atoms with Gasteiger partial charge < -0.3 is 10.4 Å². The minimum absolute atomic E-state index is 0.291. The first-order valence-corrected chi connectivity index (χ1v) is 5.16. The molecule has 2 N–H and O–H groups in total. The van der Waals surface area contributed by atoms with E-state index in [-0.39, 0.29) is 0 Å². The van der Waals surface area contributed by atoms with Crippen molar-refractivity contribution in [1.29, 1.82) is 0 Å². The van der Waals surface area contributed by atoms with Crippen LogP contribution in [0.5, 0.6) is 0 Å². The average molecular weight is 205 g/mol. The van der Waals surface area contributed by atoms with E-state index in [1.807, 2.05) is 6.07 Å². The van der Waals surface area contributed by atoms with Crippen LogP contribution in [-0.2, 0) is 6.54 Å². The SMILES string of the molecule is CC1(NCc2cccc(C(=O)O)c2)CC1. The Morgan fingerprint density at radius 2 is 2.27 bits per heavy atom. The lowest BCUT2D eigenvalue weighted by Gasteiger charge is -2.11. The molecule has 0 saturated heterocycles. The van der Waals surface area contributed by atoms with Crippen LogP contribution in [0.4, 0.5) is 0 Å². The highest BCUT2D eigenvalue weighted by molar-refractivity contribution is 5.87. The molecule has 80 valence electrons. The number of hydrogen-bond acceptors (Lipinski definition) is 2. The lowest BCUT2D eigenvalue weighted by molar-refractivity contribution is 0.0697. The Morgan fingerprint density at radius 1 is 1.53 bits per heavy atom. The van der Waals surface area contributed by atoms with E-state index in [4.69, 9.17) is 5.11 Å². The van der Waals surface area contributed by atoms with Gasteiger partial charge in [0.1, 0.15) is 0 Å². The van der Waals surface area contributed by atoms with Gasteiger partial charge in [0.2, 0.25) is 0 Å². The van der Waals surface area contributed by atoms with Crippen LogP contribution in [-0.4, -0.2) is 16.6 Å². The zero-order chi connectivity index (χ0) is 10.9. The Balaban J connectivity index is 2.01. The van der Waals surface area contributed by atoms with E-state index in [9.17, 15) is 4.79 Å². The molecule has 1 aliphatic rings. The average Bonchev–Trinajstić information content (AvgIpc) is 2.95.